The Morgan fingerprint density at radius 1 is 0.957 bits per heavy atom. The van der Waals surface area contributed by atoms with Crippen molar-refractivity contribution in [1.82, 2.24) is 10.6 Å². The maximum absolute atomic E-state index is 5.50. The van der Waals surface area contributed by atoms with Crippen molar-refractivity contribution in [2.45, 2.75) is 19.5 Å². The van der Waals surface area contributed by atoms with Crippen molar-refractivity contribution in [2.24, 2.45) is 0 Å². The highest BCUT2D eigenvalue weighted by molar-refractivity contribution is 5.50. The molecule has 0 saturated carbocycles. The standard InChI is InChI=1S/C19H24N2O2/c1-13-4-6-14(7-5-13)19-16-11-18(23-3)17(22-2)10-15(16)12-20-8-9-21-19/h4-7,10-11,19-21H,8-9,12H2,1-3H3. The van der Waals surface area contributed by atoms with E-state index in [0.29, 0.717) is 0 Å². The van der Waals surface area contributed by atoms with E-state index in [-0.39, 0.29) is 6.04 Å². The number of benzene rings is 2. The van der Waals surface area contributed by atoms with Gasteiger partial charge in [0.15, 0.2) is 11.5 Å². The molecule has 1 aliphatic heterocycles. The van der Waals surface area contributed by atoms with Gasteiger partial charge in [0.2, 0.25) is 0 Å². The van der Waals surface area contributed by atoms with Gasteiger partial charge in [-0.1, -0.05) is 29.8 Å². The maximum Gasteiger partial charge on any atom is 0.161 e. The van der Waals surface area contributed by atoms with Crippen LogP contribution in [-0.4, -0.2) is 27.3 Å². The molecule has 1 aliphatic rings. The predicted molar refractivity (Wildman–Crippen MR) is 92.3 cm³/mol. The van der Waals surface area contributed by atoms with Crippen LogP contribution >= 0.6 is 0 Å². The lowest BCUT2D eigenvalue weighted by Crippen LogP contribution is -2.34. The van der Waals surface area contributed by atoms with Crippen molar-refractivity contribution in [2.75, 3.05) is 27.3 Å². The molecule has 1 unspecified atom stereocenters. The second-order valence-corrected chi connectivity index (χ2v) is 5.88. The molecule has 2 N–H and O–H groups in total. The summed E-state index contributed by atoms with van der Waals surface area (Å²) in [5, 5.41) is 7.10. The highest BCUT2D eigenvalue weighted by Crippen LogP contribution is 2.35. The second-order valence-electron chi connectivity index (χ2n) is 5.88. The Balaban J connectivity index is 2.09. The monoisotopic (exact) mass is 312 g/mol. The fourth-order valence-electron chi connectivity index (χ4n) is 3.05. The zero-order valence-corrected chi connectivity index (χ0v) is 14.0. The number of ether oxygens (including phenoxy) is 2. The molecule has 0 aromatic heterocycles. The summed E-state index contributed by atoms with van der Waals surface area (Å²) < 4.78 is 11.0. The molecule has 122 valence electrons. The van der Waals surface area contributed by atoms with Gasteiger partial charge in [-0.25, -0.2) is 0 Å². The highest BCUT2D eigenvalue weighted by Gasteiger charge is 2.21. The normalized spacial score (nSPS) is 17.8. The van der Waals surface area contributed by atoms with E-state index in [1.807, 2.05) is 0 Å². The van der Waals surface area contributed by atoms with Gasteiger partial charge in [0.1, 0.15) is 0 Å². The molecule has 0 bridgehead atoms. The summed E-state index contributed by atoms with van der Waals surface area (Å²) in [4.78, 5) is 0. The number of hydrogen-bond acceptors (Lipinski definition) is 4. The fraction of sp³-hybridized carbons (Fsp3) is 0.368. The Morgan fingerprint density at radius 2 is 1.65 bits per heavy atom. The zero-order chi connectivity index (χ0) is 16.2. The van der Waals surface area contributed by atoms with E-state index in [1.54, 1.807) is 14.2 Å². The van der Waals surface area contributed by atoms with Crippen molar-refractivity contribution in [3.8, 4) is 11.5 Å². The lowest BCUT2D eigenvalue weighted by atomic mass is 9.92. The average Bonchev–Trinajstić information content (AvgIpc) is 2.56. The maximum atomic E-state index is 5.50. The Hall–Kier alpha value is -2.04. The van der Waals surface area contributed by atoms with Crippen LogP contribution in [0.1, 0.15) is 28.3 Å². The third kappa shape index (κ3) is 3.33. The third-order valence-electron chi connectivity index (χ3n) is 4.33. The van der Waals surface area contributed by atoms with Gasteiger partial charge in [-0.15, -0.1) is 0 Å². The predicted octanol–water partition coefficient (Wildman–Crippen LogP) is 2.79. The van der Waals surface area contributed by atoms with E-state index in [9.17, 15) is 0 Å². The number of rotatable bonds is 3. The number of methoxy groups -OCH3 is 2. The topological polar surface area (TPSA) is 42.5 Å². The number of nitrogens with one attached hydrogen (secondary N) is 2. The van der Waals surface area contributed by atoms with Crippen LogP contribution < -0.4 is 20.1 Å². The highest BCUT2D eigenvalue weighted by atomic mass is 16.5. The minimum absolute atomic E-state index is 0.160. The second kappa shape index (κ2) is 7.02. The van der Waals surface area contributed by atoms with E-state index in [0.717, 1.165) is 31.1 Å². The molecule has 2 aromatic carbocycles. The van der Waals surface area contributed by atoms with E-state index in [4.69, 9.17) is 9.47 Å². The van der Waals surface area contributed by atoms with Crippen molar-refractivity contribution in [3.05, 3.63) is 58.7 Å². The molecule has 4 heteroatoms. The quantitative estimate of drug-likeness (QED) is 0.914. The fourth-order valence-corrected chi connectivity index (χ4v) is 3.05. The van der Waals surface area contributed by atoms with Crippen LogP contribution in [0, 0.1) is 6.92 Å². The van der Waals surface area contributed by atoms with Gasteiger partial charge < -0.3 is 20.1 Å². The Kier molecular flexibility index (Phi) is 4.84. The van der Waals surface area contributed by atoms with Crippen LogP contribution in [0.3, 0.4) is 0 Å². The van der Waals surface area contributed by atoms with Crippen molar-refractivity contribution < 1.29 is 9.47 Å². The number of fused-ring (bicyclic) bond motifs is 1. The van der Waals surface area contributed by atoms with Gasteiger partial charge in [0.05, 0.1) is 20.3 Å². The Morgan fingerprint density at radius 3 is 2.35 bits per heavy atom. The van der Waals surface area contributed by atoms with Gasteiger partial charge >= 0.3 is 0 Å². The molecular weight excluding hydrogens is 288 g/mol. The molecule has 0 radical (unpaired) electrons. The lowest BCUT2D eigenvalue weighted by molar-refractivity contribution is 0.353. The van der Waals surface area contributed by atoms with Crippen LogP contribution in [-0.2, 0) is 6.54 Å². The minimum Gasteiger partial charge on any atom is -0.493 e. The summed E-state index contributed by atoms with van der Waals surface area (Å²) in [6, 6.07) is 13.1. The van der Waals surface area contributed by atoms with E-state index >= 15 is 0 Å². The lowest BCUT2D eigenvalue weighted by Gasteiger charge is -2.27. The van der Waals surface area contributed by atoms with Gasteiger partial charge in [-0.05, 0) is 35.7 Å². The molecular formula is C19H24N2O2. The molecule has 23 heavy (non-hydrogen) atoms. The SMILES string of the molecule is COc1cc2c(cc1OC)C(c1ccc(C)cc1)NCCNC2. The van der Waals surface area contributed by atoms with Crippen LogP contribution in [0.15, 0.2) is 36.4 Å². The van der Waals surface area contributed by atoms with Gasteiger partial charge in [0.25, 0.3) is 0 Å². The van der Waals surface area contributed by atoms with Crippen molar-refractivity contribution >= 4 is 0 Å². The molecule has 0 aliphatic carbocycles. The van der Waals surface area contributed by atoms with Crippen LogP contribution in [0.25, 0.3) is 0 Å². The molecule has 4 nitrogen and oxygen atoms in total. The average molecular weight is 312 g/mol. The van der Waals surface area contributed by atoms with Crippen LogP contribution in [0.2, 0.25) is 0 Å². The molecule has 0 amide bonds. The summed E-state index contributed by atoms with van der Waals surface area (Å²) in [5.41, 5.74) is 5.01. The summed E-state index contributed by atoms with van der Waals surface area (Å²) in [7, 11) is 3.36. The van der Waals surface area contributed by atoms with Crippen molar-refractivity contribution in [3.63, 3.8) is 0 Å². The van der Waals surface area contributed by atoms with Gasteiger partial charge in [0, 0.05) is 19.6 Å². The third-order valence-corrected chi connectivity index (χ3v) is 4.33. The molecule has 0 saturated heterocycles. The molecule has 3 rings (SSSR count). The summed E-state index contributed by atoms with van der Waals surface area (Å²) >= 11 is 0. The zero-order valence-electron chi connectivity index (χ0n) is 14.0. The summed E-state index contributed by atoms with van der Waals surface area (Å²) in [6.07, 6.45) is 0. The molecule has 2 aromatic rings. The Bertz CT molecular complexity index is 668. The van der Waals surface area contributed by atoms with E-state index in [1.165, 1.54) is 22.3 Å². The largest absolute Gasteiger partial charge is 0.493 e. The van der Waals surface area contributed by atoms with Crippen LogP contribution in [0.4, 0.5) is 0 Å². The summed E-state index contributed by atoms with van der Waals surface area (Å²) in [5.74, 6) is 1.54. The first kappa shape index (κ1) is 15.8. The van der Waals surface area contributed by atoms with E-state index in [2.05, 4.69) is 54.0 Å². The summed E-state index contributed by atoms with van der Waals surface area (Å²) in [6.45, 7) is 4.81. The molecule has 1 heterocycles. The molecule has 0 fully saturated rings. The molecule has 0 spiro atoms. The van der Waals surface area contributed by atoms with Crippen molar-refractivity contribution in [1.29, 1.82) is 0 Å². The minimum atomic E-state index is 0.160. The van der Waals surface area contributed by atoms with Gasteiger partial charge in [-0.2, -0.15) is 0 Å². The first-order chi connectivity index (χ1) is 11.2. The first-order valence-corrected chi connectivity index (χ1v) is 7.98. The van der Waals surface area contributed by atoms with E-state index < -0.39 is 0 Å². The Labute approximate surface area is 137 Å². The number of aryl methyl sites for hydroxylation is 1. The van der Waals surface area contributed by atoms with Crippen LogP contribution in [0.5, 0.6) is 11.5 Å². The first-order valence-electron chi connectivity index (χ1n) is 7.98. The molecule has 1 atom stereocenters. The smallest absolute Gasteiger partial charge is 0.161 e. The van der Waals surface area contributed by atoms with Gasteiger partial charge in [-0.3, -0.25) is 0 Å². The number of hydrogen-bond donors (Lipinski definition) is 2.